The maximum atomic E-state index is 13.9. The van der Waals surface area contributed by atoms with Crippen LogP contribution in [0.5, 0.6) is 0 Å². The van der Waals surface area contributed by atoms with Crippen LogP contribution in [-0.4, -0.2) is 38.5 Å². The lowest BCUT2D eigenvalue weighted by molar-refractivity contribution is 0.0694. The molecule has 0 radical (unpaired) electrons. The van der Waals surface area contributed by atoms with Crippen molar-refractivity contribution in [2.75, 3.05) is 32.2 Å². The first-order valence-corrected chi connectivity index (χ1v) is 5.89. The summed E-state index contributed by atoms with van der Waals surface area (Å²) in [6, 6.07) is 4.55. The predicted octanol–water partition coefficient (Wildman–Crippen LogP) is 1.29. The zero-order chi connectivity index (χ0) is 13.7. The molecule has 1 aromatic carbocycles. The largest absolute Gasteiger partial charge is 0.389 e. The number of hydrogen-bond acceptors (Lipinski definition) is 4. The maximum Gasteiger partial charge on any atom is 0.146 e. The summed E-state index contributed by atoms with van der Waals surface area (Å²) in [7, 11) is 3.24. The molecule has 4 nitrogen and oxygen atoms in total. The second kappa shape index (κ2) is 6.68. The number of ether oxygens (including phenoxy) is 1. The Kier molecular flexibility index (Phi) is 5.53. The Labute approximate surface area is 107 Å². The van der Waals surface area contributed by atoms with Gasteiger partial charge in [-0.3, -0.25) is 0 Å². The molecule has 0 amide bonds. The van der Waals surface area contributed by atoms with Crippen molar-refractivity contribution in [1.82, 2.24) is 0 Å². The topological polar surface area (TPSA) is 58.7 Å². The molecule has 0 aliphatic rings. The summed E-state index contributed by atoms with van der Waals surface area (Å²) in [4.78, 5) is 1.66. The minimum absolute atomic E-state index is 0.215. The third-order valence-corrected chi connectivity index (χ3v) is 2.73. The highest BCUT2D eigenvalue weighted by Gasteiger charge is 2.17. The molecule has 0 aliphatic carbocycles. The SMILES string of the molecule is COCC(O)CN(C)c1c(F)cccc1C(C)N. The van der Waals surface area contributed by atoms with Gasteiger partial charge in [0.15, 0.2) is 0 Å². The summed E-state index contributed by atoms with van der Waals surface area (Å²) in [5, 5.41) is 9.68. The third kappa shape index (κ3) is 3.66. The Bertz CT molecular complexity index is 385. The van der Waals surface area contributed by atoms with Gasteiger partial charge in [0, 0.05) is 26.7 Å². The van der Waals surface area contributed by atoms with E-state index in [4.69, 9.17) is 10.5 Å². The van der Waals surface area contributed by atoms with Gasteiger partial charge in [0.1, 0.15) is 5.82 Å². The van der Waals surface area contributed by atoms with E-state index in [9.17, 15) is 9.50 Å². The second-order valence-electron chi connectivity index (χ2n) is 4.46. The van der Waals surface area contributed by atoms with Crippen molar-refractivity contribution in [3.05, 3.63) is 29.6 Å². The minimum Gasteiger partial charge on any atom is -0.389 e. The molecule has 2 atom stereocenters. The minimum atomic E-state index is -0.666. The molecule has 102 valence electrons. The smallest absolute Gasteiger partial charge is 0.146 e. The lowest BCUT2D eigenvalue weighted by Gasteiger charge is -2.26. The average Bonchev–Trinajstić information content (AvgIpc) is 2.28. The van der Waals surface area contributed by atoms with Crippen molar-refractivity contribution >= 4 is 5.69 Å². The first kappa shape index (κ1) is 14.9. The molecule has 0 saturated carbocycles. The van der Waals surface area contributed by atoms with Gasteiger partial charge >= 0.3 is 0 Å². The Morgan fingerprint density at radius 1 is 1.50 bits per heavy atom. The van der Waals surface area contributed by atoms with E-state index in [0.717, 1.165) is 5.56 Å². The molecule has 0 aliphatic heterocycles. The van der Waals surface area contributed by atoms with Gasteiger partial charge in [0.2, 0.25) is 0 Å². The number of halogens is 1. The lowest BCUT2D eigenvalue weighted by Crippen LogP contribution is -2.33. The summed E-state index contributed by atoms with van der Waals surface area (Å²) in [6.07, 6.45) is -0.666. The average molecular weight is 256 g/mol. The molecule has 18 heavy (non-hydrogen) atoms. The van der Waals surface area contributed by atoms with Crippen LogP contribution in [0.2, 0.25) is 0 Å². The molecule has 5 heteroatoms. The van der Waals surface area contributed by atoms with Crippen molar-refractivity contribution < 1.29 is 14.2 Å². The van der Waals surface area contributed by atoms with Gasteiger partial charge in [0.05, 0.1) is 18.4 Å². The number of para-hydroxylation sites is 1. The molecule has 1 rings (SSSR count). The molecular formula is C13H21FN2O2. The number of methoxy groups -OCH3 is 1. The van der Waals surface area contributed by atoms with Crippen LogP contribution in [-0.2, 0) is 4.74 Å². The summed E-state index contributed by atoms with van der Waals surface area (Å²) < 4.78 is 18.7. The number of nitrogens with two attached hydrogens (primary N) is 1. The highest BCUT2D eigenvalue weighted by molar-refractivity contribution is 5.55. The van der Waals surface area contributed by atoms with Crippen LogP contribution in [0.3, 0.4) is 0 Å². The number of aliphatic hydroxyl groups excluding tert-OH is 1. The number of hydrogen-bond donors (Lipinski definition) is 2. The summed E-state index contributed by atoms with van der Waals surface area (Å²) >= 11 is 0. The molecule has 2 unspecified atom stereocenters. The first-order chi connectivity index (χ1) is 8.47. The standard InChI is InChI=1S/C13H21FN2O2/c1-9(15)11-5-4-6-12(14)13(11)16(2)7-10(17)8-18-3/h4-6,9-10,17H,7-8,15H2,1-3H3. The van der Waals surface area contributed by atoms with Gasteiger partial charge in [0.25, 0.3) is 0 Å². The Morgan fingerprint density at radius 3 is 2.72 bits per heavy atom. The normalized spacial score (nSPS) is 14.3. The summed E-state index contributed by atoms with van der Waals surface area (Å²) in [5.41, 5.74) is 6.99. The van der Waals surface area contributed by atoms with Crippen molar-refractivity contribution in [1.29, 1.82) is 0 Å². The fraction of sp³-hybridized carbons (Fsp3) is 0.538. The van der Waals surface area contributed by atoms with Gasteiger partial charge in [-0.15, -0.1) is 0 Å². The van der Waals surface area contributed by atoms with Crippen LogP contribution >= 0.6 is 0 Å². The van der Waals surface area contributed by atoms with Crippen LogP contribution in [0.1, 0.15) is 18.5 Å². The van der Waals surface area contributed by atoms with E-state index in [2.05, 4.69) is 0 Å². The Morgan fingerprint density at radius 2 is 2.17 bits per heavy atom. The van der Waals surface area contributed by atoms with Crippen molar-refractivity contribution in [2.24, 2.45) is 5.73 Å². The van der Waals surface area contributed by atoms with E-state index in [1.54, 1.807) is 31.0 Å². The van der Waals surface area contributed by atoms with Gasteiger partial charge in [-0.1, -0.05) is 12.1 Å². The number of nitrogens with zero attached hydrogens (tertiary/aromatic N) is 1. The molecule has 0 fully saturated rings. The quantitative estimate of drug-likeness (QED) is 0.805. The van der Waals surface area contributed by atoms with E-state index in [-0.39, 0.29) is 25.0 Å². The molecule has 0 heterocycles. The monoisotopic (exact) mass is 256 g/mol. The van der Waals surface area contributed by atoms with Gasteiger partial charge < -0.3 is 20.5 Å². The number of benzene rings is 1. The van der Waals surface area contributed by atoms with Gasteiger partial charge in [-0.2, -0.15) is 0 Å². The summed E-state index contributed by atoms with van der Waals surface area (Å²) in [6.45, 7) is 2.30. The molecule has 1 aromatic rings. The number of likely N-dealkylation sites (N-methyl/N-ethyl adjacent to an activating group) is 1. The highest BCUT2D eigenvalue weighted by Crippen LogP contribution is 2.27. The summed E-state index contributed by atoms with van der Waals surface area (Å²) in [5.74, 6) is -0.336. The van der Waals surface area contributed by atoms with Crippen molar-refractivity contribution in [2.45, 2.75) is 19.1 Å². The van der Waals surface area contributed by atoms with E-state index >= 15 is 0 Å². The van der Waals surface area contributed by atoms with Gasteiger partial charge in [-0.25, -0.2) is 4.39 Å². The zero-order valence-electron chi connectivity index (χ0n) is 11.1. The van der Waals surface area contributed by atoms with Crippen molar-refractivity contribution in [3.8, 4) is 0 Å². The van der Waals surface area contributed by atoms with Crippen LogP contribution in [0, 0.1) is 5.82 Å². The zero-order valence-corrected chi connectivity index (χ0v) is 11.1. The fourth-order valence-corrected chi connectivity index (χ4v) is 1.95. The molecule has 0 saturated heterocycles. The molecule has 0 spiro atoms. The molecular weight excluding hydrogens is 235 g/mol. The van der Waals surface area contributed by atoms with E-state index in [1.807, 2.05) is 0 Å². The van der Waals surface area contributed by atoms with Crippen LogP contribution in [0.15, 0.2) is 18.2 Å². The molecule has 0 bridgehead atoms. The number of rotatable bonds is 6. The van der Waals surface area contributed by atoms with Crippen LogP contribution < -0.4 is 10.6 Å². The van der Waals surface area contributed by atoms with Crippen molar-refractivity contribution in [3.63, 3.8) is 0 Å². The third-order valence-electron chi connectivity index (χ3n) is 2.73. The Balaban J connectivity index is 2.93. The lowest BCUT2D eigenvalue weighted by atomic mass is 10.1. The molecule has 0 aromatic heterocycles. The van der Waals surface area contributed by atoms with Crippen LogP contribution in [0.25, 0.3) is 0 Å². The van der Waals surface area contributed by atoms with Gasteiger partial charge in [-0.05, 0) is 18.6 Å². The predicted molar refractivity (Wildman–Crippen MR) is 70.2 cm³/mol. The van der Waals surface area contributed by atoms with E-state index < -0.39 is 6.10 Å². The van der Waals surface area contributed by atoms with E-state index in [1.165, 1.54) is 13.2 Å². The first-order valence-electron chi connectivity index (χ1n) is 5.89. The van der Waals surface area contributed by atoms with E-state index in [0.29, 0.717) is 5.69 Å². The second-order valence-corrected chi connectivity index (χ2v) is 4.46. The van der Waals surface area contributed by atoms with Crippen LogP contribution in [0.4, 0.5) is 10.1 Å². The number of aliphatic hydroxyl groups is 1. The highest BCUT2D eigenvalue weighted by atomic mass is 19.1. The molecule has 3 N–H and O–H groups in total. The Hall–Kier alpha value is -1.17. The fourth-order valence-electron chi connectivity index (χ4n) is 1.95. The maximum absolute atomic E-state index is 13.9. The number of anilines is 1.